The molecule has 0 bridgehead atoms. The van der Waals surface area contributed by atoms with Gasteiger partial charge in [0.25, 0.3) is 7.37 Å². The van der Waals surface area contributed by atoms with E-state index in [2.05, 4.69) is 0 Å². The van der Waals surface area contributed by atoms with Crippen LogP contribution in [0.3, 0.4) is 0 Å². The van der Waals surface area contributed by atoms with E-state index in [1.807, 2.05) is 72.8 Å². The highest BCUT2D eigenvalue weighted by Crippen LogP contribution is 2.56. The average molecular weight is 336 g/mol. The lowest BCUT2D eigenvalue weighted by Crippen LogP contribution is -2.18. The van der Waals surface area contributed by atoms with Gasteiger partial charge in [-0.15, -0.1) is 0 Å². The molecule has 4 heteroatoms. The Morgan fingerprint density at radius 3 is 2.17 bits per heavy atom. The van der Waals surface area contributed by atoms with Crippen LogP contribution in [0.25, 0.3) is 11.1 Å². The van der Waals surface area contributed by atoms with Crippen LogP contribution in [0.5, 0.6) is 5.75 Å². The molecule has 1 N–H and O–H groups in total. The van der Waals surface area contributed by atoms with Gasteiger partial charge in [0, 0.05) is 5.56 Å². The zero-order chi connectivity index (χ0) is 16.6. The Labute approximate surface area is 141 Å². The van der Waals surface area contributed by atoms with Gasteiger partial charge in [-0.1, -0.05) is 60.7 Å². The average Bonchev–Trinajstić information content (AvgIpc) is 2.62. The SMILES string of the molecule is O=P1(Cc2ccc(CO)cc2)Oc2ccccc2-c2ccccc21. The smallest absolute Gasteiger partial charge is 0.282 e. The van der Waals surface area contributed by atoms with Crippen molar-refractivity contribution in [3.63, 3.8) is 0 Å². The van der Waals surface area contributed by atoms with Crippen LogP contribution in [0, 0.1) is 0 Å². The molecule has 120 valence electrons. The normalized spacial score (nSPS) is 18.4. The Kier molecular flexibility index (Phi) is 3.76. The highest BCUT2D eigenvalue weighted by molar-refractivity contribution is 7.67. The molecule has 24 heavy (non-hydrogen) atoms. The van der Waals surface area contributed by atoms with E-state index in [4.69, 9.17) is 9.63 Å². The first kappa shape index (κ1) is 15.2. The van der Waals surface area contributed by atoms with E-state index in [1.165, 1.54) is 0 Å². The summed E-state index contributed by atoms with van der Waals surface area (Å²) in [6.45, 7) is 0.00461. The molecule has 1 heterocycles. The second kappa shape index (κ2) is 5.94. The summed E-state index contributed by atoms with van der Waals surface area (Å²) in [6, 6.07) is 23.0. The Bertz CT molecular complexity index is 932. The molecule has 1 atom stereocenters. The minimum atomic E-state index is -3.04. The highest BCUT2D eigenvalue weighted by Gasteiger charge is 2.35. The van der Waals surface area contributed by atoms with Gasteiger partial charge in [-0.2, -0.15) is 0 Å². The molecule has 1 aliphatic rings. The van der Waals surface area contributed by atoms with Crippen molar-refractivity contribution in [2.24, 2.45) is 0 Å². The summed E-state index contributed by atoms with van der Waals surface area (Å²) in [5.74, 6) is 0.673. The Morgan fingerprint density at radius 2 is 1.42 bits per heavy atom. The van der Waals surface area contributed by atoms with Crippen LogP contribution >= 0.6 is 7.37 Å². The molecule has 0 amide bonds. The zero-order valence-corrected chi connectivity index (χ0v) is 13.9. The van der Waals surface area contributed by atoms with Gasteiger partial charge in [0.2, 0.25) is 0 Å². The van der Waals surface area contributed by atoms with Crippen LogP contribution in [0.15, 0.2) is 72.8 Å². The molecule has 3 aromatic rings. The Balaban J connectivity index is 1.79. The fraction of sp³-hybridized carbons (Fsp3) is 0.100. The first-order valence-corrected chi connectivity index (χ1v) is 9.67. The molecule has 0 fully saturated rings. The van der Waals surface area contributed by atoms with E-state index in [0.717, 1.165) is 27.6 Å². The molecule has 0 radical (unpaired) electrons. The number of aliphatic hydroxyl groups excluding tert-OH is 1. The van der Waals surface area contributed by atoms with Crippen LogP contribution in [-0.2, 0) is 17.3 Å². The molecule has 3 aromatic carbocycles. The van der Waals surface area contributed by atoms with Gasteiger partial charge in [-0.3, -0.25) is 4.57 Å². The van der Waals surface area contributed by atoms with Gasteiger partial charge in [0.1, 0.15) is 5.75 Å². The van der Waals surface area contributed by atoms with Gasteiger partial charge >= 0.3 is 0 Å². The summed E-state index contributed by atoms with van der Waals surface area (Å²) in [4.78, 5) is 0. The van der Waals surface area contributed by atoms with Crippen molar-refractivity contribution >= 4 is 12.7 Å². The summed E-state index contributed by atoms with van der Waals surface area (Å²) in [7, 11) is -3.04. The van der Waals surface area contributed by atoms with Crippen LogP contribution in [0.1, 0.15) is 11.1 Å². The summed E-state index contributed by atoms with van der Waals surface area (Å²) in [5, 5.41) is 9.93. The van der Waals surface area contributed by atoms with Gasteiger partial charge in [-0.05, 0) is 28.8 Å². The molecule has 1 unspecified atom stereocenters. The second-order valence-electron chi connectivity index (χ2n) is 5.91. The number of para-hydroxylation sites is 1. The van der Waals surface area contributed by atoms with E-state index in [-0.39, 0.29) is 6.61 Å². The monoisotopic (exact) mass is 336 g/mol. The van der Waals surface area contributed by atoms with Crippen molar-refractivity contribution < 1.29 is 14.2 Å². The topological polar surface area (TPSA) is 46.5 Å². The summed E-state index contributed by atoms with van der Waals surface area (Å²) in [6.07, 6.45) is 0.337. The van der Waals surface area contributed by atoms with Crippen LogP contribution in [-0.4, -0.2) is 5.11 Å². The van der Waals surface area contributed by atoms with E-state index >= 15 is 0 Å². The lowest BCUT2D eigenvalue weighted by Gasteiger charge is -2.28. The lowest BCUT2D eigenvalue weighted by molar-refractivity contribution is 0.282. The van der Waals surface area contributed by atoms with E-state index < -0.39 is 7.37 Å². The van der Waals surface area contributed by atoms with E-state index in [9.17, 15) is 4.57 Å². The van der Waals surface area contributed by atoms with Crippen molar-refractivity contribution in [1.29, 1.82) is 0 Å². The van der Waals surface area contributed by atoms with E-state index in [1.54, 1.807) is 0 Å². The largest absolute Gasteiger partial charge is 0.439 e. The fourth-order valence-electron chi connectivity index (χ4n) is 3.08. The van der Waals surface area contributed by atoms with Crippen molar-refractivity contribution in [3.05, 3.63) is 83.9 Å². The molecule has 0 aliphatic carbocycles. The molecular formula is C20H17O3P. The van der Waals surface area contributed by atoms with Gasteiger partial charge < -0.3 is 9.63 Å². The van der Waals surface area contributed by atoms with Gasteiger partial charge in [0.15, 0.2) is 0 Å². The number of hydrogen-bond donors (Lipinski definition) is 1. The van der Waals surface area contributed by atoms with Gasteiger partial charge in [0.05, 0.1) is 18.1 Å². The molecule has 0 saturated carbocycles. The van der Waals surface area contributed by atoms with Crippen molar-refractivity contribution in [2.75, 3.05) is 0 Å². The molecule has 4 rings (SSSR count). The predicted molar refractivity (Wildman–Crippen MR) is 95.8 cm³/mol. The molecule has 0 saturated heterocycles. The third kappa shape index (κ3) is 2.56. The maximum Gasteiger partial charge on any atom is 0.282 e. The summed E-state index contributed by atoms with van der Waals surface area (Å²) >= 11 is 0. The number of hydrogen-bond acceptors (Lipinski definition) is 3. The summed E-state index contributed by atoms with van der Waals surface area (Å²) < 4.78 is 19.7. The minimum absolute atomic E-state index is 0.00461. The van der Waals surface area contributed by atoms with Crippen molar-refractivity contribution in [1.82, 2.24) is 0 Å². The fourth-order valence-corrected chi connectivity index (χ4v) is 5.46. The number of benzene rings is 3. The van der Waals surface area contributed by atoms with Crippen LogP contribution < -0.4 is 9.83 Å². The van der Waals surface area contributed by atoms with Crippen molar-refractivity contribution in [3.8, 4) is 16.9 Å². The summed E-state index contributed by atoms with van der Waals surface area (Å²) in [5.41, 5.74) is 3.74. The molecule has 1 aliphatic heterocycles. The molecular weight excluding hydrogens is 319 g/mol. The maximum atomic E-state index is 13.7. The zero-order valence-electron chi connectivity index (χ0n) is 13.1. The van der Waals surface area contributed by atoms with Crippen molar-refractivity contribution in [2.45, 2.75) is 12.8 Å². The maximum absolute atomic E-state index is 13.7. The lowest BCUT2D eigenvalue weighted by atomic mass is 10.0. The first-order valence-electron chi connectivity index (χ1n) is 7.86. The minimum Gasteiger partial charge on any atom is -0.439 e. The molecule has 0 spiro atoms. The van der Waals surface area contributed by atoms with Gasteiger partial charge in [-0.25, -0.2) is 0 Å². The van der Waals surface area contributed by atoms with Crippen LogP contribution in [0.4, 0.5) is 0 Å². The standard InChI is InChI=1S/C20H17O3P/c21-13-15-9-11-16(12-10-15)14-24(22)20-8-4-2-6-18(20)17-5-1-3-7-19(17)23-24/h1-12,21H,13-14H2. The highest BCUT2D eigenvalue weighted by atomic mass is 31.2. The predicted octanol–water partition coefficient (Wildman–Crippen LogP) is 4.34. The number of rotatable bonds is 3. The third-order valence-corrected chi connectivity index (χ3v) is 6.69. The molecule has 3 nitrogen and oxygen atoms in total. The number of fused-ring (bicyclic) bond motifs is 3. The third-order valence-electron chi connectivity index (χ3n) is 4.29. The molecule has 0 aromatic heterocycles. The van der Waals surface area contributed by atoms with E-state index in [0.29, 0.717) is 11.9 Å². The second-order valence-corrected chi connectivity index (χ2v) is 8.24. The number of aliphatic hydroxyl groups is 1. The van der Waals surface area contributed by atoms with Crippen LogP contribution in [0.2, 0.25) is 0 Å². The Hall–Kier alpha value is -2.35. The quantitative estimate of drug-likeness (QED) is 0.724. The Morgan fingerprint density at radius 1 is 0.792 bits per heavy atom. The first-order chi connectivity index (χ1) is 11.7.